The van der Waals surface area contributed by atoms with Crippen LogP contribution in [0.1, 0.15) is 24.0 Å². The van der Waals surface area contributed by atoms with Crippen LogP contribution in [0.2, 0.25) is 0 Å². The van der Waals surface area contributed by atoms with Crippen molar-refractivity contribution in [2.24, 2.45) is 5.92 Å². The van der Waals surface area contributed by atoms with E-state index in [2.05, 4.69) is 27.1 Å². The summed E-state index contributed by atoms with van der Waals surface area (Å²) in [5, 5.41) is 2.88. The maximum Gasteiger partial charge on any atom is 0.573 e. The number of ether oxygens (including phenoxy) is 2. The summed E-state index contributed by atoms with van der Waals surface area (Å²) in [5.41, 5.74) is 1.84. The fourth-order valence-electron chi connectivity index (χ4n) is 3.59. The number of halogens is 3. The predicted molar refractivity (Wildman–Crippen MR) is 106 cm³/mol. The minimum absolute atomic E-state index is 0.0490. The van der Waals surface area contributed by atoms with Crippen molar-refractivity contribution in [2.75, 3.05) is 20.2 Å². The molecule has 0 saturated carbocycles. The molecule has 8 heteroatoms. The number of nitrogens with one attached hydrogen (secondary N) is 1. The molecule has 5 nitrogen and oxygen atoms in total. The van der Waals surface area contributed by atoms with Crippen LogP contribution >= 0.6 is 0 Å². The van der Waals surface area contributed by atoms with Crippen LogP contribution in [0.15, 0.2) is 48.5 Å². The molecule has 0 aromatic heterocycles. The topological polar surface area (TPSA) is 50.8 Å². The van der Waals surface area contributed by atoms with E-state index < -0.39 is 6.36 Å². The number of benzene rings is 2. The molecule has 1 fully saturated rings. The van der Waals surface area contributed by atoms with Gasteiger partial charge in [-0.3, -0.25) is 9.69 Å². The Morgan fingerprint density at radius 3 is 2.47 bits per heavy atom. The number of likely N-dealkylation sites (tertiary alicyclic amines) is 1. The first-order chi connectivity index (χ1) is 14.3. The van der Waals surface area contributed by atoms with Crippen LogP contribution in [0, 0.1) is 5.92 Å². The molecule has 30 heavy (non-hydrogen) atoms. The number of alkyl halides is 3. The summed E-state index contributed by atoms with van der Waals surface area (Å²) < 4.78 is 46.1. The van der Waals surface area contributed by atoms with Gasteiger partial charge in [-0.1, -0.05) is 30.3 Å². The largest absolute Gasteiger partial charge is 0.573 e. The van der Waals surface area contributed by atoms with Crippen molar-refractivity contribution >= 4 is 5.91 Å². The van der Waals surface area contributed by atoms with Crippen molar-refractivity contribution in [3.05, 3.63) is 59.7 Å². The van der Waals surface area contributed by atoms with Gasteiger partial charge in [0.1, 0.15) is 11.5 Å². The summed E-state index contributed by atoms with van der Waals surface area (Å²) in [4.78, 5) is 14.9. The van der Waals surface area contributed by atoms with E-state index in [1.807, 2.05) is 18.2 Å². The first-order valence-electron chi connectivity index (χ1n) is 9.80. The molecule has 0 aliphatic carbocycles. The maximum absolute atomic E-state index is 12.5. The molecule has 2 aromatic carbocycles. The van der Waals surface area contributed by atoms with Crippen molar-refractivity contribution in [1.29, 1.82) is 0 Å². The molecule has 0 bridgehead atoms. The Bertz CT molecular complexity index is 835. The standard InChI is InChI=1S/C22H25F3N2O3/c1-29-20-13-19(30-22(23,24)25)8-7-18(20)14-26-21(28)17-9-11-27(12-10-17)15-16-5-3-2-4-6-16/h2-8,13,17H,9-12,14-15H2,1H3,(H,26,28). The highest BCUT2D eigenvalue weighted by molar-refractivity contribution is 5.78. The molecule has 3 rings (SSSR count). The lowest BCUT2D eigenvalue weighted by atomic mass is 9.95. The van der Waals surface area contributed by atoms with Crippen LogP contribution in [0.3, 0.4) is 0 Å². The lowest BCUT2D eigenvalue weighted by molar-refractivity contribution is -0.274. The highest BCUT2D eigenvalue weighted by Gasteiger charge is 2.31. The average molecular weight is 422 g/mol. The smallest absolute Gasteiger partial charge is 0.496 e. The van der Waals surface area contributed by atoms with Gasteiger partial charge in [0.25, 0.3) is 0 Å². The highest BCUT2D eigenvalue weighted by atomic mass is 19.4. The summed E-state index contributed by atoms with van der Waals surface area (Å²) >= 11 is 0. The van der Waals surface area contributed by atoms with E-state index in [9.17, 15) is 18.0 Å². The quantitative estimate of drug-likeness (QED) is 0.729. The molecule has 0 radical (unpaired) electrons. The summed E-state index contributed by atoms with van der Waals surface area (Å²) in [6.07, 6.45) is -3.22. The summed E-state index contributed by atoms with van der Waals surface area (Å²) in [6.45, 7) is 2.75. The van der Waals surface area contributed by atoms with Crippen molar-refractivity contribution in [1.82, 2.24) is 10.2 Å². The Morgan fingerprint density at radius 1 is 1.13 bits per heavy atom. The molecule has 1 amide bonds. The third-order valence-corrected chi connectivity index (χ3v) is 5.15. The Morgan fingerprint density at radius 2 is 1.83 bits per heavy atom. The van der Waals surface area contributed by atoms with Crippen LogP contribution < -0.4 is 14.8 Å². The summed E-state index contributed by atoms with van der Waals surface area (Å²) in [7, 11) is 1.36. The molecule has 162 valence electrons. The highest BCUT2D eigenvalue weighted by Crippen LogP contribution is 2.29. The van der Waals surface area contributed by atoms with E-state index in [-0.39, 0.29) is 29.9 Å². The van der Waals surface area contributed by atoms with Crippen LogP contribution in [-0.4, -0.2) is 37.4 Å². The number of carbonyl (C=O) groups excluding carboxylic acids is 1. The SMILES string of the molecule is COc1cc(OC(F)(F)F)ccc1CNC(=O)C1CCN(Cc2ccccc2)CC1. The van der Waals surface area contributed by atoms with Gasteiger partial charge in [-0.05, 0) is 43.6 Å². The van der Waals surface area contributed by atoms with Gasteiger partial charge in [0, 0.05) is 30.6 Å². The van der Waals surface area contributed by atoms with Gasteiger partial charge in [-0.15, -0.1) is 13.2 Å². The fourth-order valence-corrected chi connectivity index (χ4v) is 3.59. The minimum atomic E-state index is -4.77. The Kier molecular flexibility index (Phi) is 7.20. The lowest BCUT2D eigenvalue weighted by Crippen LogP contribution is -2.40. The Hall–Kier alpha value is -2.74. The third kappa shape index (κ3) is 6.38. The molecule has 1 saturated heterocycles. The van der Waals surface area contributed by atoms with E-state index in [1.54, 1.807) is 0 Å². The first kappa shape index (κ1) is 22.0. The van der Waals surface area contributed by atoms with Crippen LogP contribution in [-0.2, 0) is 17.9 Å². The average Bonchev–Trinajstić information content (AvgIpc) is 2.72. The van der Waals surface area contributed by atoms with E-state index in [0.29, 0.717) is 5.56 Å². The number of hydrogen-bond acceptors (Lipinski definition) is 4. The Balaban J connectivity index is 1.49. The molecule has 2 aromatic rings. The molecule has 1 aliphatic heterocycles. The van der Waals surface area contributed by atoms with Crippen LogP contribution in [0.4, 0.5) is 13.2 Å². The van der Waals surface area contributed by atoms with Gasteiger partial charge in [-0.2, -0.15) is 0 Å². The van der Waals surface area contributed by atoms with Crippen LogP contribution in [0.5, 0.6) is 11.5 Å². The monoisotopic (exact) mass is 422 g/mol. The zero-order chi connectivity index (χ0) is 21.6. The molecule has 1 N–H and O–H groups in total. The lowest BCUT2D eigenvalue weighted by Gasteiger charge is -2.31. The molecule has 1 heterocycles. The van der Waals surface area contributed by atoms with Gasteiger partial charge in [0.15, 0.2) is 0 Å². The Labute approximate surface area is 173 Å². The normalized spacial score (nSPS) is 15.6. The van der Waals surface area contributed by atoms with Gasteiger partial charge in [0.2, 0.25) is 5.91 Å². The number of nitrogens with zero attached hydrogens (tertiary/aromatic N) is 1. The molecular weight excluding hydrogens is 397 g/mol. The van der Waals surface area contributed by atoms with E-state index in [1.165, 1.54) is 24.8 Å². The van der Waals surface area contributed by atoms with Crippen molar-refractivity contribution in [3.63, 3.8) is 0 Å². The summed E-state index contributed by atoms with van der Waals surface area (Å²) in [5.74, 6) is -0.252. The maximum atomic E-state index is 12.5. The second kappa shape index (κ2) is 9.84. The molecular formula is C22H25F3N2O3. The van der Waals surface area contributed by atoms with Crippen LogP contribution in [0.25, 0.3) is 0 Å². The van der Waals surface area contributed by atoms with Crippen molar-refractivity contribution in [2.45, 2.75) is 32.3 Å². The van der Waals surface area contributed by atoms with Crippen molar-refractivity contribution < 1.29 is 27.4 Å². The zero-order valence-corrected chi connectivity index (χ0v) is 16.7. The number of rotatable bonds is 7. The van der Waals surface area contributed by atoms with Gasteiger partial charge >= 0.3 is 6.36 Å². The number of amides is 1. The van der Waals surface area contributed by atoms with Gasteiger partial charge in [0.05, 0.1) is 7.11 Å². The van der Waals surface area contributed by atoms with E-state index >= 15 is 0 Å². The predicted octanol–water partition coefficient (Wildman–Crippen LogP) is 4.12. The molecule has 0 atom stereocenters. The number of piperidine rings is 1. The number of carbonyl (C=O) groups is 1. The second-order valence-corrected chi connectivity index (χ2v) is 7.28. The number of hydrogen-bond donors (Lipinski definition) is 1. The molecule has 1 aliphatic rings. The van der Waals surface area contributed by atoms with E-state index in [4.69, 9.17) is 4.74 Å². The van der Waals surface area contributed by atoms with Gasteiger partial charge < -0.3 is 14.8 Å². The zero-order valence-electron chi connectivity index (χ0n) is 16.7. The van der Waals surface area contributed by atoms with Crippen molar-refractivity contribution in [3.8, 4) is 11.5 Å². The van der Waals surface area contributed by atoms with Gasteiger partial charge in [-0.25, -0.2) is 0 Å². The first-order valence-corrected chi connectivity index (χ1v) is 9.80. The van der Waals surface area contributed by atoms with E-state index in [0.717, 1.165) is 38.5 Å². The third-order valence-electron chi connectivity index (χ3n) is 5.15. The number of methoxy groups -OCH3 is 1. The fraction of sp³-hybridized carbons (Fsp3) is 0.409. The minimum Gasteiger partial charge on any atom is -0.496 e. The molecule has 0 spiro atoms. The summed E-state index contributed by atoms with van der Waals surface area (Å²) in [6, 6.07) is 14.1. The molecule has 0 unspecified atom stereocenters. The second-order valence-electron chi connectivity index (χ2n) is 7.28.